The van der Waals surface area contributed by atoms with Crippen molar-refractivity contribution in [2.24, 2.45) is 17.6 Å². The third kappa shape index (κ3) is 3.76. The van der Waals surface area contributed by atoms with Gasteiger partial charge in [0.2, 0.25) is 17.7 Å². The Bertz CT molecular complexity index is 600. The summed E-state index contributed by atoms with van der Waals surface area (Å²) in [6.07, 6.45) is 6.36. The zero-order chi connectivity index (χ0) is 18.8. The fourth-order valence-electron chi connectivity index (χ4n) is 4.63. The van der Waals surface area contributed by atoms with Crippen LogP contribution in [0.15, 0.2) is 0 Å². The number of rotatable bonds is 6. The summed E-state index contributed by atoms with van der Waals surface area (Å²) in [5.74, 6) is -0.424. The number of likely N-dealkylation sites (tertiary alicyclic amines) is 2. The molecule has 3 fully saturated rings. The van der Waals surface area contributed by atoms with E-state index in [1.54, 1.807) is 16.7 Å². The molecule has 0 aromatic heterocycles. The van der Waals surface area contributed by atoms with Crippen LogP contribution in [0.25, 0.3) is 0 Å². The van der Waals surface area contributed by atoms with Gasteiger partial charge in [-0.25, -0.2) is 0 Å². The summed E-state index contributed by atoms with van der Waals surface area (Å²) in [4.78, 5) is 52.2. The number of carbonyl (C=O) groups is 4. The Hall–Kier alpha value is -1.92. The Morgan fingerprint density at radius 1 is 1.12 bits per heavy atom. The number of fused-ring (bicyclic) bond motifs is 1. The summed E-state index contributed by atoms with van der Waals surface area (Å²) >= 11 is 0. The number of nitrogens with zero attached hydrogens (tertiary/aromatic N) is 2. The molecule has 7 nitrogen and oxygen atoms in total. The van der Waals surface area contributed by atoms with Gasteiger partial charge in [-0.15, -0.1) is 0 Å². The van der Waals surface area contributed by atoms with Crippen LogP contribution < -0.4 is 5.73 Å². The predicted molar refractivity (Wildman–Crippen MR) is 94.8 cm³/mol. The molecular formula is C19H29N3O4. The van der Waals surface area contributed by atoms with Crippen molar-refractivity contribution in [1.82, 2.24) is 9.80 Å². The molecule has 3 rings (SSSR count). The molecule has 0 aromatic rings. The molecule has 144 valence electrons. The fourth-order valence-corrected chi connectivity index (χ4v) is 4.63. The maximum absolute atomic E-state index is 12.7. The number of Topliss-reactive ketones (excluding diaryl/α,β-unsaturated/α-hetero) is 1. The van der Waals surface area contributed by atoms with Crippen molar-refractivity contribution >= 4 is 23.5 Å². The Balaban J connectivity index is 1.58. The van der Waals surface area contributed by atoms with Crippen molar-refractivity contribution in [1.29, 1.82) is 0 Å². The average Bonchev–Trinajstić information content (AvgIpc) is 3.31. The molecule has 2 saturated heterocycles. The quantitative estimate of drug-likeness (QED) is 0.756. The average molecular weight is 363 g/mol. The molecule has 0 aromatic carbocycles. The minimum Gasteiger partial charge on any atom is -0.369 e. The SMILES string of the molecule is CC(CCC(=O)N1CCC2C1C(=O)CN2C(=O)CC1CCCC1)C(N)=O. The van der Waals surface area contributed by atoms with Gasteiger partial charge in [-0.2, -0.15) is 0 Å². The smallest absolute Gasteiger partial charge is 0.223 e. The molecule has 0 spiro atoms. The predicted octanol–water partition coefficient (Wildman–Crippen LogP) is 0.849. The standard InChI is InChI=1S/C19H29N3O4/c1-12(19(20)26)6-7-16(24)21-9-8-14-18(21)15(23)11-22(14)17(25)10-13-4-2-3-5-13/h12-14,18H,2-11H2,1H3,(H2,20,26). The molecule has 7 heteroatoms. The van der Waals surface area contributed by atoms with Crippen LogP contribution in [0.2, 0.25) is 0 Å². The lowest BCUT2D eigenvalue weighted by Crippen LogP contribution is -2.43. The molecule has 0 radical (unpaired) electrons. The number of hydrogen-bond donors (Lipinski definition) is 1. The maximum Gasteiger partial charge on any atom is 0.223 e. The van der Waals surface area contributed by atoms with Crippen molar-refractivity contribution < 1.29 is 19.2 Å². The summed E-state index contributed by atoms with van der Waals surface area (Å²) < 4.78 is 0. The highest BCUT2D eigenvalue weighted by Crippen LogP contribution is 2.33. The van der Waals surface area contributed by atoms with Gasteiger partial charge in [-0.3, -0.25) is 19.2 Å². The second-order valence-electron chi connectivity index (χ2n) is 8.07. The van der Waals surface area contributed by atoms with Crippen LogP contribution in [0.3, 0.4) is 0 Å². The lowest BCUT2D eigenvalue weighted by Gasteiger charge is -2.25. The van der Waals surface area contributed by atoms with Crippen LogP contribution >= 0.6 is 0 Å². The molecule has 1 saturated carbocycles. The van der Waals surface area contributed by atoms with Gasteiger partial charge in [0.15, 0.2) is 5.78 Å². The summed E-state index contributed by atoms with van der Waals surface area (Å²) in [6, 6.07) is -0.673. The largest absolute Gasteiger partial charge is 0.369 e. The van der Waals surface area contributed by atoms with E-state index in [1.165, 1.54) is 12.8 Å². The summed E-state index contributed by atoms with van der Waals surface area (Å²) in [7, 11) is 0. The van der Waals surface area contributed by atoms with Crippen LogP contribution in [-0.2, 0) is 19.2 Å². The van der Waals surface area contributed by atoms with Gasteiger partial charge >= 0.3 is 0 Å². The molecule has 3 atom stereocenters. The summed E-state index contributed by atoms with van der Waals surface area (Å²) in [6.45, 7) is 2.33. The van der Waals surface area contributed by atoms with Crippen molar-refractivity contribution in [3.05, 3.63) is 0 Å². The van der Waals surface area contributed by atoms with Gasteiger partial charge in [0, 0.05) is 25.3 Å². The first-order valence-corrected chi connectivity index (χ1v) is 9.79. The number of amides is 3. The molecule has 26 heavy (non-hydrogen) atoms. The van der Waals surface area contributed by atoms with Crippen molar-refractivity contribution in [2.45, 2.75) is 70.4 Å². The molecule has 3 amide bonds. The first kappa shape index (κ1) is 18.9. The summed E-state index contributed by atoms with van der Waals surface area (Å²) in [5.41, 5.74) is 5.24. The van der Waals surface area contributed by atoms with E-state index in [1.807, 2.05) is 0 Å². The maximum atomic E-state index is 12.7. The van der Waals surface area contributed by atoms with Crippen LogP contribution in [0.5, 0.6) is 0 Å². The van der Waals surface area contributed by atoms with Crippen LogP contribution in [0, 0.1) is 11.8 Å². The van der Waals surface area contributed by atoms with Gasteiger partial charge in [0.05, 0.1) is 12.6 Å². The lowest BCUT2D eigenvalue weighted by atomic mass is 10.0. The monoisotopic (exact) mass is 363 g/mol. The van der Waals surface area contributed by atoms with E-state index < -0.39 is 11.9 Å². The lowest BCUT2D eigenvalue weighted by molar-refractivity contribution is -0.136. The second kappa shape index (κ2) is 7.76. The number of carbonyl (C=O) groups excluding carboxylic acids is 4. The Morgan fingerprint density at radius 3 is 2.46 bits per heavy atom. The van der Waals surface area contributed by atoms with Gasteiger partial charge in [-0.05, 0) is 31.6 Å². The van der Waals surface area contributed by atoms with Crippen LogP contribution in [-0.4, -0.2) is 58.5 Å². The number of primary amides is 1. The first-order chi connectivity index (χ1) is 12.4. The fraction of sp³-hybridized carbons (Fsp3) is 0.789. The molecule has 2 N–H and O–H groups in total. The molecule has 0 bridgehead atoms. The van der Waals surface area contributed by atoms with Crippen LogP contribution in [0.1, 0.15) is 58.3 Å². The van der Waals surface area contributed by atoms with E-state index in [0.717, 1.165) is 12.8 Å². The third-order valence-electron chi connectivity index (χ3n) is 6.28. The minimum absolute atomic E-state index is 0.0384. The highest BCUT2D eigenvalue weighted by atomic mass is 16.2. The first-order valence-electron chi connectivity index (χ1n) is 9.79. The molecule has 3 aliphatic rings. The van der Waals surface area contributed by atoms with E-state index in [0.29, 0.717) is 31.7 Å². The molecule has 2 aliphatic heterocycles. The normalized spacial score (nSPS) is 27.0. The molecule has 1 aliphatic carbocycles. The Morgan fingerprint density at radius 2 is 1.81 bits per heavy atom. The van der Waals surface area contributed by atoms with E-state index in [4.69, 9.17) is 5.73 Å². The number of ketones is 1. The minimum atomic E-state index is -0.501. The Kier molecular flexibility index (Phi) is 5.63. The van der Waals surface area contributed by atoms with E-state index in [-0.39, 0.29) is 42.5 Å². The zero-order valence-electron chi connectivity index (χ0n) is 15.5. The third-order valence-corrected chi connectivity index (χ3v) is 6.28. The number of hydrogen-bond acceptors (Lipinski definition) is 4. The Labute approximate surface area is 154 Å². The zero-order valence-corrected chi connectivity index (χ0v) is 15.5. The molecular weight excluding hydrogens is 334 g/mol. The van der Waals surface area contributed by atoms with E-state index in [9.17, 15) is 19.2 Å². The van der Waals surface area contributed by atoms with E-state index in [2.05, 4.69) is 0 Å². The number of nitrogens with two attached hydrogens (primary N) is 1. The van der Waals surface area contributed by atoms with Crippen molar-refractivity contribution in [3.8, 4) is 0 Å². The highest BCUT2D eigenvalue weighted by Gasteiger charge is 2.51. The van der Waals surface area contributed by atoms with E-state index >= 15 is 0 Å². The highest BCUT2D eigenvalue weighted by molar-refractivity contribution is 5.97. The van der Waals surface area contributed by atoms with Crippen LogP contribution in [0.4, 0.5) is 0 Å². The second-order valence-corrected chi connectivity index (χ2v) is 8.07. The molecule has 3 unspecified atom stereocenters. The van der Waals surface area contributed by atoms with Gasteiger partial charge in [0.25, 0.3) is 0 Å². The molecule has 2 heterocycles. The topological polar surface area (TPSA) is 101 Å². The van der Waals surface area contributed by atoms with Gasteiger partial charge in [0.1, 0.15) is 6.04 Å². The summed E-state index contributed by atoms with van der Waals surface area (Å²) in [5, 5.41) is 0. The van der Waals surface area contributed by atoms with Gasteiger partial charge < -0.3 is 15.5 Å². The van der Waals surface area contributed by atoms with Gasteiger partial charge in [-0.1, -0.05) is 19.8 Å². The van der Waals surface area contributed by atoms with Crippen molar-refractivity contribution in [2.75, 3.05) is 13.1 Å². The van der Waals surface area contributed by atoms with Crippen molar-refractivity contribution in [3.63, 3.8) is 0 Å².